The SMILES string of the molecule is Cc1nc(CC(=O)N2C[C@@H]3COCC[C@]3(O)[C@H]3COCC[C@H]32)c(C)s1. The predicted molar refractivity (Wildman–Crippen MR) is 93.6 cm³/mol. The van der Waals surface area contributed by atoms with Crippen molar-refractivity contribution in [2.75, 3.05) is 33.0 Å². The van der Waals surface area contributed by atoms with E-state index in [4.69, 9.17) is 9.47 Å². The monoisotopic (exact) mass is 366 g/mol. The number of aryl methyl sites for hydroxylation is 2. The van der Waals surface area contributed by atoms with E-state index in [-0.39, 0.29) is 23.8 Å². The van der Waals surface area contributed by atoms with E-state index in [1.807, 2.05) is 18.7 Å². The lowest BCUT2D eigenvalue weighted by Gasteiger charge is -2.57. The average molecular weight is 366 g/mol. The summed E-state index contributed by atoms with van der Waals surface area (Å²) in [5.74, 6) is 0.0513. The van der Waals surface area contributed by atoms with Gasteiger partial charge in [-0.1, -0.05) is 0 Å². The second-order valence-corrected chi connectivity index (χ2v) is 8.92. The van der Waals surface area contributed by atoms with Gasteiger partial charge >= 0.3 is 0 Å². The molecule has 4 heterocycles. The van der Waals surface area contributed by atoms with Crippen molar-refractivity contribution in [1.29, 1.82) is 0 Å². The van der Waals surface area contributed by atoms with E-state index in [1.165, 1.54) is 0 Å². The van der Waals surface area contributed by atoms with Crippen molar-refractivity contribution in [1.82, 2.24) is 9.88 Å². The third-order valence-electron chi connectivity index (χ3n) is 6.09. The molecule has 4 rings (SSSR count). The third-order valence-corrected chi connectivity index (χ3v) is 7.02. The fourth-order valence-corrected chi connectivity index (χ4v) is 5.56. The van der Waals surface area contributed by atoms with Crippen LogP contribution < -0.4 is 0 Å². The minimum absolute atomic E-state index is 0.0221. The lowest BCUT2D eigenvalue weighted by Crippen LogP contribution is -2.69. The number of hydrogen-bond donors (Lipinski definition) is 1. The number of thiazole rings is 1. The first kappa shape index (κ1) is 17.4. The van der Waals surface area contributed by atoms with Crippen LogP contribution in [0, 0.1) is 25.7 Å². The first-order valence-electron chi connectivity index (χ1n) is 9.09. The number of aromatic nitrogens is 1. The van der Waals surface area contributed by atoms with E-state index >= 15 is 0 Å². The molecule has 0 aliphatic carbocycles. The molecule has 0 bridgehead atoms. The number of aliphatic hydroxyl groups is 1. The minimum atomic E-state index is -0.771. The molecule has 3 aliphatic rings. The highest BCUT2D eigenvalue weighted by atomic mass is 32.1. The molecule has 4 atom stereocenters. The first-order chi connectivity index (χ1) is 12.0. The quantitative estimate of drug-likeness (QED) is 0.855. The highest BCUT2D eigenvalue weighted by molar-refractivity contribution is 7.11. The normalized spacial score (nSPS) is 35.2. The van der Waals surface area contributed by atoms with Crippen LogP contribution in [0.2, 0.25) is 0 Å². The van der Waals surface area contributed by atoms with Crippen LogP contribution in [0.15, 0.2) is 0 Å². The molecule has 1 aromatic rings. The zero-order chi connectivity index (χ0) is 17.6. The molecule has 7 heteroatoms. The number of fused-ring (bicyclic) bond motifs is 3. The summed E-state index contributed by atoms with van der Waals surface area (Å²) >= 11 is 1.64. The molecule has 0 radical (unpaired) electrons. The van der Waals surface area contributed by atoms with Gasteiger partial charge in [0.25, 0.3) is 0 Å². The highest BCUT2D eigenvalue weighted by Crippen LogP contribution is 2.44. The topological polar surface area (TPSA) is 71.9 Å². The summed E-state index contributed by atoms with van der Waals surface area (Å²) in [5, 5.41) is 12.3. The van der Waals surface area contributed by atoms with E-state index < -0.39 is 5.60 Å². The van der Waals surface area contributed by atoms with Gasteiger partial charge in [-0.15, -0.1) is 11.3 Å². The van der Waals surface area contributed by atoms with Crippen LogP contribution in [-0.2, 0) is 20.7 Å². The molecule has 1 amide bonds. The van der Waals surface area contributed by atoms with E-state index in [0.717, 1.165) is 22.0 Å². The molecule has 0 unspecified atom stereocenters. The van der Waals surface area contributed by atoms with E-state index in [9.17, 15) is 9.90 Å². The van der Waals surface area contributed by atoms with Crippen LogP contribution in [0.25, 0.3) is 0 Å². The predicted octanol–water partition coefficient (Wildman–Crippen LogP) is 1.32. The van der Waals surface area contributed by atoms with Crippen molar-refractivity contribution < 1.29 is 19.4 Å². The number of carbonyl (C=O) groups excluding carboxylic acids is 1. The van der Waals surface area contributed by atoms with E-state index in [2.05, 4.69) is 4.98 Å². The van der Waals surface area contributed by atoms with Crippen molar-refractivity contribution in [3.05, 3.63) is 15.6 Å². The average Bonchev–Trinajstić information content (AvgIpc) is 2.91. The number of piperidine rings is 1. The first-order valence-corrected chi connectivity index (χ1v) is 9.91. The smallest absolute Gasteiger partial charge is 0.228 e. The van der Waals surface area contributed by atoms with Crippen LogP contribution >= 0.6 is 11.3 Å². The Morgan fingerprint density at radius 2 is 2.16 bits per heavy atom. The number of amides is 1. The van der Waals surface area contributed by atoms with Gasteiger partial charge in [0.2, 0.25) is 5.91 Å². The van der Waals surface area contributed by atoms with Gasteiger partial charge in [-0.3, -0.25) is 4.79 Å². The Hall–Kier alpha value is -1.02. The van der Waals surface area contributed by atoms with Crippen LogP contribution in [-0.4, -0.2) is 65.5 Å². The lowest BCUT2D eigenvalue weighted by atomic mass is 9.66. The highest BCUT2D eigenvalue weighted by Gasteiger charge is 2.56. The number of nitrogens with zero attached hydrogens (tertiary/aromatic N) is 2. The van der Waals surface area contributed by atoms with Crippen LogP contribution in [0.3, 0.4) is 0 Å². The molecule has 1 N–H and O–H groups in total. The van der Waals surface area contributed by atoms with Gasteiger partial charge in [0.1, 0.15) is 0 Å². The summed E-state index contributed by atoms with van der Waals surface area (Å²) in [6, 6.07) is 0.0561. The molecule has 3 saturated heterocycles. The number of carbonyl (C=O) groups is 1. The van der Waals surface area contributed by atoms with Crippen molar-refractivity contribution in [2.24, 2.45) is 11.8 Å². The third kappa shape index (κ3) is 3.01. The summed E-state index contributed by atoms with van der Waals surface area (Å²) in [6.45, 7) is 6.83. The number of ether oxygens (including phenoxy) is 2. The van der Waals surface area contributed by atoms with Gasteiger partial charge < -0.3 is 19.5 Å². The van der Waals surface area contributed by atoms with Crippen LogP contribution in [0.4, 0.5) is 0 Å². The van der Waals surface area contributed by atoms with Crippen molar-refractivity contribution >= 4 is 17.2 Å². The number of hydrogen-bond acceptors (Lipinski definition) is 6. The standard InChI is InChI=1S/C18H26N2O4S/c1-11-15(19-12(2)25-11)7-17(21)20-8-13-9-24-6-4-18(13,22)14-10-23-5-3-16(14)20/h13-14,16,22H,3-10H2,1-2H3/t13-,14+,16-,18-/m1/s1. The molecule has 25 heavy (non-hydrogen) atoms. The maximum atomic E-state index is 13.1. The van der Waals surface area contributed by atoms with Gasteiger partial charge in [-0.2, -0.15) is 0 Å². The largest absolute Gasteiger partial charge is 0.389 e. The Morgan fingerprint density at radius 3 is 2.92 bits per heavy atom. The van der Waals surface area contributed by atoms with E-state index in [1.54, 1.807) is 11.3 Å². The fourth-order valence-electron chi connectivity index (χ4n) is 4.73. The summed E-state index contributed by atoms with van der Waals surface area (Å²) in [7, 11) is 0. The summed E-state index contributed by atoms with van der Waals surface area (Å²) in [4.78, 5) is 20.7. The van der Waals surface area contributed by atoms with Crippen LogP contribution in [0.1, 0.15) is 28.4 Å². The van der Waals surface area contributed by atoms with Crippen molar-refractivity contribution in [3.8, 4) is 0 Å². The Bertz CT molecular complexity index is 664. The Kier molecular flexibility index (Phi) is 4.60. The summed E-state index contributed by atoms with van der Waals surface area (Å²) in [5.41, 5.74) is 0.115. The molecule has 6 nitrogen and oxygen atoms in total. The summed E-state index contributed by atoms with van der Waals surface area (Å²) in [6.07, 6.45) is 1.77. The number of likely N-dealkylation sites (tertiary alicyclic amines) is 1. The minimum Gasteiger partial charge on any atom is -0.389 e. The Labute approximate surface area is 152 Å². The maximum absolute atomic E-state index is 13.1. The molecule has 0 aromatic carbocycles. The van der Waals surface area contributed by atoms with Gasteiger partial charge in [0.15, 0.2) is 0 Å². The lowest BCUT2D eigenvalue weighted by molar-refractivity contribution is -0.219. The van der Waals surface area contributed by atoms with Crippen molar-refractivity contribution in [2.45, 2.75) is 44.8 Å². The van der Waals surface area contributed by atoms with Gasteiger partial charge in [0, 0.05) is 48.9 Å². The summed E-state index contributed by atoms with van der Waals surface area (Å²) < 4.78 is 11.3. The maximum Gasteiger partial charge on any atom is 0.228 e. The van der Waals surface area contributed by atoms with E-state index in [0.29, 0.717) is 45.8 Å². The molecule has 3 fully saturated rings. The Morgan fingerprint density at radius 1 is 1.36 bits per heavy atom. The molecule has 1 aromatic heterocycles. The number of rotatable bonds is 2. The molecular formula is C18H26N2O4S. The molecule has 0 saturated carbocycles. The molecule has 0 spiro atoms. The molecule has 138 valence electrons. The second-order valence-electron chi connectivity index (χ2n) is 7.51. The van der Waals surface area contributed by atoms with Crippen LogP contribution in [0.5, 0.6) is 0 Å². The molecule has 3 aliphatic heterocycles. The van der Waals surface area contributed by atoms with Crippen molar-refractivity contribution in [3.63, 3.8) is 0 Å². The van der Waals surface area contributed by atoms with Gasteiger partial charge in [-0.05, 0) is 20.3 Å². The zero-order valence-corrected chi connectivity index (χ0v) is 15.7. The Balaban J connectivity index is 1.58. The zero-order valence-electron chi connectivity index (χ0n) is 14.9. The molecular weight excluding hydrogens is 340 g/mol. The van der Waals surface area contributed by atoms with Gasteiger partial charge in [-0.25, -0.2) is 4.98 Å². The second kappa shape index (κ2) is 6.61. The van der Waals surface area contributed by atoms with Gasteiger partial charge in [0.05, 0.1) is 35.9 Å². The fraction of sp³-hybridized carbons (Fsp3) is 0.778.